The van der Waals surface area contributed by atoms with Crippen LogP contribution in [0.5, 0.6) is 0 Å². The average Bonchev–Trinajstić information content (AvgIpc) is 2.76. The predicted molar refractivity (Wildman–Crippen MR) is 54.2 cm³/mol. The lowest BCUT2D eigenvalue weighted by Crippen LogP contribution is -2.17. The van der Waals surface area contributed by atoms with Crippen molar-refractivity contribution in [1.82, 2.24) is 9.88 Å². The predicted octanol–water partition coefficient (Wildman–Crippen LogP) is 2.05. The molecule has 3 nitrogen and oxygen atoms in total. The summed E-state index contributed by atoms with van der Waals surface area (Å²) in [5, 5.41) is 0. The Kier molecular flexibility index (Phi) is 3.04. The van der Waals surface area contributed by atoms with Gasteiger partial charge >= 0.3 is 6.18 Å². The third-order valence-electron chi connectivity index (χ3n) is 2.90. The van der Waals surface area contributed by atoms with E-state index in [0.29, 0.717) is 18.8 Å². The highest BCUT2D eigenvalue weighted by molar-refractivity contribution is 5.48. The van der Waals surface area contributed by atoms with Gasteiger partial charge in [0.1, 0.15) is 0 Å². The summed E-state index contributed by atoms with van der Waals surface area (Å²) < 4.78 is 37.0. The molecule has 2 rings (SSSR count). The fraction of sp³-hybridized carbons (Fsp3) is 0.455. The zero-order valence-corrected chi connectivity index (χ0v) is 8.94. The lowest BCUT2D eigenvalue weighted by atomic mass is 10.0. The Morgan fingerprint density at radius 3 is 2.65 bits per heavy atom. The second-order valence-corrected chi connectivity index (χ2v) is 4.06. The summed E-state index contributed by atoms with van der Waals surface area (Å²) in [6.07, 6.45) is -2.00. The highest BCUT2D eigenvalue weighted by atomic mass is 19.4. The molecule has 2 heterocycles. The van der Waals surface area contributed by atoms with Gasteiger partial charge in [0.15, 0.2) is 0 Å². The van der Waals surface area contributed by atoms with Gasteiger partial charge < -0.3 is 4.90 Å². The molecule has 0 spiro atoms. The van der Waals surface area contributed by atoms with Gasteiger partial charge in [-0.25, -0.2) is 0 Å². The van der Waals surface area contributed by atoms with Crippen molar-refractivity contribution in [3.8, 4) is 0 Å². The Hall–Kier alpha value is -1.59. The van der Waals surface area contributed by atoms with Gasteiger partial charge in [-0.2, -0.15) is 13.2 Å². The van der Waals surface area contributed by atoms with Gasteiger partial charge in [-0.1, -0.05) is 0 Å². The van der Waals surface area contributed by atoms with Gasteiger partial charge in [-0.3, -0.25) is 9.78 Å². The highest BCUT2D eigenvalue weighted by Gasteiger charge is 2.31. The van der Waals surface area contributed by atoms with E-state index in [1.54, 1.807) is 4.90 Å². The molecule has 0 aliphatic carbocycles. The van der Waals surface area contributed by atoms with Crippen LogP contribution in [-0.2, 0) is 11.0 Å². The second-order valence-electron chi connectivity index (χ2n) is 4.06. The minimum Gasteiger partial charge on any atom is -0.345 e. The summed E-state index contributed by atoms with van der Waals surface area (Å²) in [4.78, 5) is 16.0. The summed E-state index contributed by atoms with van der Waals surface area (Å²) in [5.41, 5.74) is -0.131. The molecule has 92 valence electrons. The lowest BCUT2D eigenvalue weighted by Gasteiger charge is -2.11. The molecule has 0 aromatic carbocycles. The summed E-state index contributed by atoms with van der Waals surface area (Å²) >= 11 is 0. The number of amides is 1. The van der Waals surface area contributed by atoms with Gasteiger partial charge in [0.25, 0.3) is 0 Å². The Morgan fingerprint density at radius 1 is 1.41 bits per heavy atom. The summed E-state index contributed by atoms with van der Waals surface area (Å²) in [7, 11) is 0. The normalized spacial score (nSPS) is 20.6. The Labute approximate surface area is 96.3 Å². The number of hydrogen-bond acceptors (Lipinski definition) is 2. The number of likely N-dealkylation sites (tertiary alicyclic amines) is 1. The van der Waals surface area contributed by atoms with Crippen LogP contribution in [0.1, 0.15) is 23.6 Å². The number of carbonyl (C=O) groups is 1. The summed E-state index contributed by atoms with van der Waals surface area (Å²) in [5.74, 6) is 0.0440. The highest BCUT2D eigenvalue weighted by Crippen LogP contribution is 2.30. The fourth-order valence-electron chi connectivity index (χ4n) is 1.94. The molecule has 1 aliphatic heterocycles. The number of hydrogen-bond donors (Lipinski definition) is 0. The van der Waals surface area contributed by atoms with Crippen LogP contribution in [0.15, 0.2) is 18.3 Å². The van der Waals surface area contributed by atoms with E-state index in [-0.39, 0.29) is 5.92 Å². The SMILES string of the molecule is O=CN1CC[C@H](c2ccc(C(F)(F)F)cn2)C1. The number of pyridine rings is 1. The average molecular weight is 244 g/mol. The Bertz CT molecular complexity index is 402. The Balaban J connectivity index is 2.11. The molecule has 0 N–H and O–H groups in total. The van der Waals surface area contributed by atoms with Crippen LogP contribution in [0.25, 0.3) is 0 Å². The second kappa shape index (κ2) is 4.35. The van der Waals surface area contributed by atoms with E-state index >= 15 is 0 Å². The van der Waals surface area contributed by atoms with Crippen LogP contribution in [-0.4, -0.2) is 29.4 Å². The van der Waals surface area contributed by atoms with Gasteiger partial charge in [0, 0.05) is 30.9 Å². The van der Waals surface area contributed by atoms with Crippen molar-refractivity contribution >= 4 is 6.41 Å². The van der Waals surface area contributed by atoms with E-state index in [9.17, 15) is 18.0 Å². The molecule has 0 radical (unpaired) electrons. The van der Waals surface area contributed by atoms with Crippen molar-refractivity contribution in [3.63, 3.8) is 0 Å². The lowest BCUT2D eigenvalue weighted by molar-refractivity contribution is -0.137. The molecule has 0 bridgehead atoms. The molecule has 1 saturated heterocycles. The van der Waals surface area contributed by atoms with Crippen LogP contribution in [0.2, 0.25) is 0 Å². The minimum atomic E-state index is -4.35. The monoisotopic (exact) mass is 244 g/mol. The molecule has 1 aromatic heterocycles. The van der Waals surface area contributed by atoms with Crippen molar-refractivity contribution in [2.45, 2.75) is 18.5 Å². The van der Waals surface area contributed by atoms with Crippen LogP contribution < -0.4 is 0 Å². The molecule has 6 heteroatoms. The van der Waals surface area contributed by atoms with Crippen LogP contribution in [0.3, 0.4) is 0 Å². The number of alkyl halides is 3. The summed E-state index contributed by atoms with van der Waals surface area (Å²) in [6, 6.07) is 2.42. The molecule has 1 amide bonds. The van der Waals surface area contributed by atoms with Crippen molar-refractivity contribution in [2.75, 3.05) is 13.1 Å². The Morgan fingerprint density at radius 2 is 2.18 bits per heavy atom. The number of halogens is 3. The van der Waals surface area contributed by atoms with Gasteiger partial charge in [0.2, 0.25) is 6.41 Å². The first kappa shape index (κ1) is 11.9. The molecule has 1 atom stereocenters. The molecular formula is C11H11F3N2O. The molecule has 1 aromatic rings. The zero-order chi connectivity index (χ0) is 12.5. The van der Waals surface area contributed by atoms with E-state index in [2.05, 4.69) is 4.98 Å². The van der Waals surface area contributed by atoms with Crippen molar-refractivity contribution < 1.29 is 18.0 Å². The number of aromatic nitrogens is 1. The molecule has 0 saturated carbocycles. The maximum atomic E-state index is 12.3. The quantitative estimate of drug-likeness (QED) is 0.746. The van der Waals surface area contributed by atoms with E-state index in [1.165, 1.54) is 6.07 Å². The smallest absolute Gasteiger partial charge is 0.345 e. The van der Waals surface area contributed by atoms with Crippen LogP contribution in [0, 0.1) is 0 Å². The van der Waals surface area contributed by atoms with Gasteiger partial charge in [-0.05, 0) is 18.6 Å². The third kappa shape index (κ3) is 2.57. The standard InChI is InChI=1S/C11H11F3N2O/c12-11(13,14)9-1-2-10(15-5-9)8-3-4-16(6-8)7-17/h1-2,5,7-8H,3-4,6H2/t8-/m0/s1. The zero-order valence-electron chi connectivity index (χ0n) is 8.94. The third-order valence-corrected chi connectivity index (χ3v) is 2.90. The fourth-order valence-corrected chi connectivity index (χ4v) is 1.94. The maximum absolute atomic E-state index is 12.3. The summed E-state index contributed by atoms with van der Waals surface area (Å²) in [6.45, 7) is 1.17. The van der Waals surface area contributed by atoms with E-state index in [0.717, 1.165) is 25.1 Å². The number of nitrogens with zero attached hydrogens (tertiary/aromatic N) is 2. The van der Waals surface area contributed by atoms with Crippen molar-refractivity contribution in [1.29, 1.82) is 0 Å². The minimum absolute atomic E-state index is 0.0440. The topological polar surface area (TPSA) is 33.2 Å². The molecular weight excluding hydrogens is 233 g/mol. The maximum Gasteiger partial charge on any atom is 0.417 e. The number of rotatable bonds is 2. The van der Waals surface area contributed by atoms with Gasteiger partial charge in [0.05, 0.1) is 5.56 Å². The first-order chi connectivity index (χ1) is 8.00. The number of carbonyl (C=O) groups excluding carboxylic acids is 1. The van der Waals surface area contributed by atoms with Crippen LogP contribution in [0.4, 0.5) is 13.2 Å². The first-order valence-corrected chi connectivity index (χ1v) is 5.23. The van der Waals surface area contributed by atoms with Crippen molar-refractivity contribution in [2.24, 2.45) is 0 Å². The van der Waals surface area contributed by atoms with Crippen molar-refractivity contribution in [3.05, 3.63) is 29.6 Å². The molecule has 17 heavy (non-hydrogen) atoms. The molecule has 1 aliphatic rings. The largest absolute Gasteiger partial charge is 0.417 e. The van der Waals surface area contributed by atoms with Gasteiger partial charge in [-0.15, -0.1) is 0 Å². The molecule has 0 unspecified atom stereocenters. The van der Waals surface area contributed by atoms with E-state index in [4.69, 9.17) is 0 Å². The first-order valence-electron chi connectivity index (χ1n) is 5.23. The van der Waals surface area contributed by atoms with Crippen LogP contribution >= 0.6 is 0 Å². The molecule has 1 fully saturated rings. The van der Waals surface area contributed by atoms with E-state index < -0.39 is 11.7 Å². The van der Waals surface area contributed by atoms with E-state index in [1.807, 2.05) is 0 Å².